The van der Waals surface area contributed by atoms with Gasteiger partial charge in [0.05, 0.1) is 11.6 Å². The molecule has 0 saturated carbocycles. The van der Waals surface area contributed by atoms with E-state index in [-0.39, 0.29) is 18.3 Å². The average molecular weight is 467 g/mol. The number of esters is 1. The molecule has 0 aliphatic carbocycles. The third-order valence-corrected chi connectivity index (χ3v) is 5.16. The third-order valence-electron chi connectivity index (χ3n) is 3.95. The summed E-state index contributed by atoms with van der Waals surface area (Å²) in [4.78, 5) is 24.3. The summed E-state index contributed by atoms with van der Waals surface area (Å²) in [7, 11) is 0. The smallest absolute Gasteiger partial charge is 0.306 e. The van der Waals surface area contributed by atoms with Crippen LogP contribution in [0.4, 0.5) is 5.69 Å². The van der Waals surface area contributed by atoms with E-state index in [9.17, 15) is 9.59 Å². The van der Waals surface area contributed by atoms with Crippen molar-refractivity contribution in [3.63, 3.8) is 0 Å². The number of ketones is 1. The van der Waals surface area contributed by atoms with Crippen molar-refractivity contribution in [3.8, 4) is 0 Å². The molecule has 0 amide bonds. The van der Waals surface area contributed by atoms with Crippen molar-refractivity contribution in [2.45, 2.75) is 45.6 Å². The van der Waals surface area contributed by atoms with Crippen molar-refractivity contribution >= 4 is 45.0 Å². The maximum Gasteiger partial charge on any atom is 0.306 e. The second-order valence-electron chi connectivity index (χ2n) is 7.50. The van der Waals surface area contributed by atoms with Gasteiger partial charge in [-0.1, -0.05) is 29.8 Å². The number of ether oxygens (including phenoxy) is 1. The van der Waals surface area contributed by atoms with E-state index in [1.807, 2.05) is 45.0 Å². The molecule has 2 rings (SSSR count). The molecule has 2 aromatic carbocycles. The molecule has 0 saturated heterocycles. The molecule has 0 atom stereocenters. The number of aryl methyl sites for hydroxylation is 1. The summed E-state index contributed by atoms with van der Waals surface area (Å²) in [5, 5.41) is 3.78. The first-order valence-electron chi connectivity index (χ1n) is 9.17. The Labute approximate surface area is 179 Å². The minimum absolute atomic E-state index is 0.0269. The van der Waals surface area contributed by atoms with Gasteiger partial charge in [-0.25, -0.2) is 0 Å². The number of hydrogen-bond donors (Lipinski definition) is 1. The maximum atomic E-state index is 12.4. The monoisotopic (exact) mass is 465 g/mol. The van der Waals surface area contributed by atoms with Gasteiger partial charge in [-0.05, 0) is 79.4 Å². The standard InChI is InChI=1S/C22H25BrClNO3/c1-22(2,3)28-21(27)10-6-8-15-7-4-5-9-19(15)25-14-20(26)16-11-12-18(24)17(23)13-16/h4-5,7,9,11-13,25H,6,8,10,14H2,1-3H3. The summed E-state index contributed by atoms with van der Waals surface area (Å²) in [6, 6.07) is 12.9. The topological polar surface area (TPSA) is 55.4 Å². The van der Waals surface area contributed by atoms with Crippen molar-refractivity contribution in [1.29, 1.82) is 0 Å². The van der Waals surface area contributed by atoms with Crippen molar-refractivity contribution in [2.75, 3.05) is 11.9 Å². The molecule has 0 unspecified atom stereocenters. The van der Waals surface area contributed by atoms with Crippen LogP contribution >= 0.6 is 27.5 Å². The lowest BCUT2D eigenvalue weighted by atomic mass is 10.1. The number of carbonyl (C=O) groups is 2. The number of nitrogens with one attached hydrogen (secondary N) is 1. The minimum Gasteiger partial charge on any atom is -0.460 e. The fourth-order valence-corrected chi connectivity index (χ4v) is 3.17. The van der Waals surface area contributed by atoms with E-state index < -0.39 is 5.60 Å². The van der Waals surface area contributed by atoms with Gasteiger partial charge in [-0.3, -0.25) is 9.59 Å². The molecule has 1 N–H and O–H groups in total. The predicted octanol–water partition coefficient (Wildman–Crippen LogP) is 6.06. The van der Waals surface area contributed by atoms with Crippen LogP contribution in [0.25, 0.3) is 0 Å². The fourth-order valence-electron chi connectivity index (χ4n) is 2.67. The Morgan fingerprint density at radius 1 is 1.14 bits per heavy atom. The summed E-state index contributed by atoms with van der Waals surface area (Å²) in [6.45, 7) is 5.76. The summed E-state index contributed by atoms with van der Waals surface area (Å²) < 4.78 is 6.04. The van der Waals surface area contributed by atoms with Crippen LogP contribution in [-0.4, -0.2) is 23.9 Å². The number of hydrogen-bond acceptors (Lipinski definition) is 4. The fraction of sp³-hybridized carbons (Fsp3) is 0.364. The van der Waals surface area contributed by atoms with E-state index >= 15 is 0 Å². The van der Waals surface area contributed by atoms with Crippen LogP contribution in [0, 0.1) is 0 Å². The molecule has 0 heterocycles. The molecular formula is C22H25BrClNO3. The zero-order valence-electron chi connectivity index (χ0n) is 16.4. The van der Waals surface area contributed by atoms with Crippen LogP contribution in [0.1, 0.15) is 49.5 Å². The molecule has 28 heavy (non-hydrogen) atoms. The number of benzene rings is 2. The molecule has 0 aliphatic rings. The van der Waals surface area contributed by atoms with Gasteiger partial charge in [0.1, 0.15) is 5.60 Å². The molecule has 6 heteroatoms. The van der Waals surface area contributed by atoms with Crippen LogP contribution in [0.5, 0.6) is 0 Å². The van der Waals surface area contributed by atoms with Gasteiger partial charge in [0.2, 0.25) is 0 Å². The molecule has 0 bridgehead atoms. The molecule has 0 aliphatic heterocycles. The Balaban J connectivity index is 1.91. The molecule has 0 fully saturated rings. The van der Waals surface area contributed by atoms with Crippen molar-refractivity contribution < 1.29 is 14.3 Å². The predicted molar refractivity (Wildman–Crippen MR) is 117 cm³/mol. The number of halogens is 2. The Hall–Kier alpha value is -1.85. The normalized spacial score (nSPS) is 11.2. The molecule has 150 valence electrons. The number of para-hydroxylation sites is 1. The summed E-state index contributed by atoms with van der Waals surface area (Å²) >= 11 is 9.32. The van der Waals surface area contributed by atoms with E-state index in [0.29, 0.717) is 27.9 Å². The second kappa shape index (κ2) is 10.1. The zero-order valence-corrected chi connectivity index (χ0v) is 18.7. The number of Topliss-reactive ketones (excluding diaryl/α,β-unsaturated/α-hetero) is 1. The van der Waals surface area contributed by atoms with E-state index in [2.05, 4.69) is 21.2 Å². The molecule has 0 spiro atoms. The molecule has 2 aromatic rings. The minimum atomic E-state index is -0.465. The van der Waals surface area contributed by atoms with Gasteiger partial charge in [-0.15, -0.1) is 0 Å². The lowest BCUT2D eigenvalue weighted by Gasteiger charge is -2.19. The summed E-state index contributed by atoms with van der Waals surface area (Å²) in [5.41, 5.74) is 2.09. The summed E-state index contributed by atoms with van der Waals surface area (Å²) in [5.74, 6) is -0.220. The van der Waals surface area contributed by atoms with E-state index in [1.165, 1.54) is 0 Å². The van der Waals surface area contributed by atoms with Gasteiger partial charge < -0.3 is 10.1 Å². The first kappa shape index (κ1) is 22.4. The van der Waals surface area contributed by atoms with Crippen LogP contribution in [0.3, 0.4) is 0 Å². The van der Waals surface area contributed by atoms with Crippen LogP contribution in [0.2, 0.25) is 5.02 Å². The van der Waals surface area contributed by atoms with Gasteiger partial charge in [-0.2, -0.15) is 0 Å². The number of rotatable bonds is 8. The van der Waals surface area contributed by atoms with E-state index in [0.717, 1.165) is 17.7 Å². The zero-order chi connectivity index (χ0) is 20.7. The quantitative estimate of drug-likeness (QED) is 0.379. The maximum absolute atomic E-state index is 12.4. The molecule has 0 aromatic heterocycles. The van der Waals surface area contributed by atoms with Crippen LogP contribution in [-0.2, 0) is 16.0 Å². The third kappa shape index (κ3) is 7.28. The van der Waals surface area contributed by atoms with Crippen molar-refractivity contribution in [1.82, 2.24) is 0 Å². The number of carbonyl (C=O) groups excluding carboxylic acids is 2. The van der Waals surface area contributed by atoms with Gasteiger partial charge in [0.15, 0.2) is 5.78 Å². The Morgan fingerprint density at radius 3 is 2.54 bits per heavy atom. The first-order chi connectivity index (χ1) is 13.2. The SMILES string of the molecule is CC(C)(C)OC(=O)CCCc1ccccc1NCC(=O)c1ccc(Cl)c(Br)c1. The second-order valence-corrected chi connectivity index (χ2v) is 8.76. The largest absolute Gasteiger partial charge is 0.460 e. The Morgan fingerprint density at radius 2 is 1.86 bits per heavy atom. The van der Waals surface area contributed by atoms with Gasteiger partial charge >= 0.3 is 5.97 Å². The Kier molecular flexibility index (Phi) is 8.08. The highest BCUT2D eigenvalue weighted by Gasteiger charge is 2.16. The average Bonchev–Trinajstić information content (AvgIpc) is 2.61. The highest BCUT2D eigenvalue weighted by molar-refractivity contribution is 9.10. The summed E-state index contributed by atoms with van der Waals surface area (Å²) in [6.07, 6.45) is 1.78. The van der Waals surface area contributed by atoms with Crippen molar-refractivity contribution in [3.05, 3.63) is 63.1 Å². The molecular weight excluding hydrogens is 442 g/mol. The first-order valence-corrected chi connectivity index (χ1v) is 10.3. The number of anilines is 1. The molecule has 4 nitrogen and oxygen atoms in total. The van der Waals surface area contributed by atoms with Crippen LogP contribution in [0.15, 0.2) is 46.9 Å². The van der Waals surface area contributed by atoms with E-state index in [4.69, 9.17) is 16.3 Å². The van der Waals surface area contributed by atoms with Gasteiger partial charge in [0.25, 0.3) is 0 Å². The lowest BCUT2D eigenvalue weighted by Crippen LogP contribution is -2.23. The van der Waals surface area contributed by atoms with Crippen LogP contribution < -0.4 is 5.32 Å². The highest BCUT2D eigenvalue weighted by atomic mass is 79.9. The molecule has 0 radical (unpaired) electrons. The van der Waals surface area contributed by atoms with Gasteiger partial charge in [0, 0.05) is 22.1 Å². The van der Waals surface area contributed by atoms with Crippen molar-refractivity contribution in [2.24, 2.45) is 0 Å². The lowest BCUT2D eigenvalue weighted by molar-refractivity contribution is -0.154. The highest BCUT2D eigenvalue weighted by Crippen LogP contribution is 2.24. The van der Waals surface area contributed by atoms with E-state index in [1.54, 1.807) is 18.2 Å². The Bertz CT molecular complexity index is 846.